The van der Waals surface area contributed by atoms with Gasteiger partial charge in [0.2, 0.25) is 0 Å². The Morgan fingerprint density at radius 1 is 1.28 bits per heavy atom. The van der Waals surface area contributed by atoms with Crippen LogP contribution in [0.3, 0.4) is 0 Å². The van der Waals surface area contributed by atoms with Gasteiger partial charge in [0.15, 0.2) is 5.76 Å². The maximum atomic E-state index is 12.8. The molecule has 1 aromatic heterocycles. The number of carboxylic acid groups (broad SMARTS) is 1. The highest BCUT2D eigenvalue weighted by molar-refractivity contribution is 5.94. The third-order valence-electron chi connectivity index (χ3n) is 2.28. The number of alkyl halides is 3. The summed E-state index contributed by atoms with van der Waals surface area (Å²) in [7, 11) is 0. The molecule has 0 unspecified atom stereocenters. The smallest absolute Gasteiger partial charge is 0.417 e. The fourth-order valence-corrected chi connectivity index (χ4v) is 1.51. The van der Waals surface area contributed by atoms with E-state index in [0.717, 1.165) is 18.3 Å². The van der Waals surface area contributed by atoms with Gasteiger partial charge in [-0.3, -0.25) is 0 Å². The zero-order valence-corrected chi connectivity index (χ0v) is 8.73. The van der Waals surface area contributed by atoms with Crippen LogP contribution in [0.5, 0.6) is 0 Å². The summed E-state index contributed by atoms with van der Waals surface area (Å²) in [6.45, 7) is 0. The second-order valence-corrected chi connectivity index (χ2v) is 3.42. The van der Waals surface area contributed by atoms with Gasteiger partial charge in [0.25, 0.3) is 0 Å². The molecule has 0 bridgehead atoms. The van der Waals surface area contributed by atoms with Gasteiger partial charge >= 0.3 is 12.1 Å². The fourth-order valence-electron chi connectivity index (χ4n) is 1.51. The van der Waals surface area contributed by atoms with Gasteiger partial charge < -0.3 is 9.63 Å². The molecular weight excluding hydrogens is 251 g/mol. The first kappa shape index (κ1) is 12.2. The maximum Gasteiger partial charge on any atom is 0.417 e. The van der Waals surface area contributed by atoms with Crippen LogP contribution in [0, 0.1) is 0 Å². The van der Waals surface area contributed by atoms with E-state index in [0.29, 0.717) is 0 Å². The van der Waals surface area contributed by atoms with Crippen molar-refractivity contribution in [2.24, 2.45) is 0 Å². The van der Waals surface area contributed by atoms with E-state index in [4.69, 9.17) is 5.11 Å². The van der Waals surface area contributed by atoms with Crippen LogP contribution < -0.4 is 0 Å². The van der Waals surface area contributed by atoms with Crippen molar-refractivity contribution in [3.05, 3.63) is 41.6 Å². The molecule has 1 N–H and O–H groups in total. The minimum Gasteiger partial charge on any atom is -0.477 e. The number of hydrogen-bond acceptors (Lipinski definition) is 3. The van der Waals surface area contributed by atoms with E-state index in [2.05, 4.69) is 9.68 Å². The fraction of sp³-hybridized carbons (Fsp3) is 0.0909. The van der Waals surface area contributed by atoms with Crippen molar-refractivity contribution in [3.8, 4) is 11.3 Å². The molecule has 2 rings (SSSR count). The van der Waals surface area contributed by atoms with Gasteiger partial charge in [-0.1, -0.05) is 23.4 Å². The Morgan fingerprint density at radius 3 is 2.56 bits per heavy atom. The van der Waals surface area contributed by atoms with Crippen LogP contribution in [-0.2, 0) is 6.18 Å². The highest BCUT2D eigenvalue weighted by Crippen LogP contribution is 2.37. The molecule has 0 aliphatic heterocycles. The predicted octanol–water partition coefficient (Wildman–Crippen LogP) is 3.06. The Labute approximate surface area is 98.6 Å². The average Bonchev–Trinajstić information content (AvgIpc) is 2.76. The number of benzene rings is 1. The van der Waals surface area contributed by atoms with Crippen LogP contribution in [0.25, 0.3) is 11.3 Å². The molecule has 0 amide bonds. The number of halogens is 3. The van der Waals surface area contributed by atoms with Crippen molar-refractivity contribution < 1.29 is 27.6 Å². The van der Waals surface area contributed by atoms with E-state index < -0.39 is 29.0 Å². The standard InChI is InChI=1S/C11H6F3NO3/c12-11(13,14)8-4-2-1-3-6(8)9-7(10(16)17)5-15-18-9/h1-5H,(H,16,17). The highest BCUT2D eigenvalue weighted by Gasteiger charge is 2.35. The van der Waals surface area contributed by atoms with E-state index in [9.17, 15) is 18.0 Å². The van der Waals surface area contributed by atoms with Crippen LogP contribution >= 0.6 is 0 Å². The molecule has 0 spiro atoms. The Bertz CT molecular complexity index is 589. The molecule has 0 atom stereocenters. The molecule has 7 heteroatoms. The Morgan fingerprint density at radius 2 is 1.94 bits per heavy atom. The molecule has 2 aromatic rings. The van der Waals surface area contributed by atoms with Crippen LogP contribution in [-0.4, -0.2) is 16.2 Å². The van der Waals surface area contributed by atoms with Gasteiger partial charge in [-0.15, -0.1) is 0 Å². The van der Waals surface area contributed by atoms with E-state index in [1.54, 1.807) is 0 Å². The molecule has 0 fully saturated rings. The summed E-state index contributed by atoms with van der Waals surface area (Å²) >= 11 is 0. The lowest BCUT2D eigenvalue weighted by Gasteiger charge is -2.10. The van der Waals surface area contributed by atoms with Gasteiger partial charge in [0.05, 0.1) is 11.8 Å². The van der Waals surface area contributed by atoms with Crippen molar-refractivity contribution in [3.63, 3.8) is 0 Å². The summed E-state index contributed by atoms with van der Waals surface area (Å²) in [6.07, 6.45) is -3.73. The van der Waals surface area contributed by atoms with Crippen molar-refractivity contribution >= 4 is 5.97 Å². The highest BCUT2D eigenvalue weighted by atomic mass is 19.4. The molecule has 0 saturated carbocycles. The zero-order valence-electron chi connectivity index (χ0n) is 8.73. The molecule has 0 radical (unpaired) electrons. The summed E-state index contributed by atoms with van der Waals surface area (Å²) in [5, 5.41) is 12.0. The number of rotatable bonds is 2. The third kappa shape index (κ3) is 2.06. The van der Waals surface area contributed by atoms with E-state index in [-0.39, 0.29) is 5.56 Å². The quantitative estimate of drug-likeness (QED) is 0.897. The lowest BCUT2D eigenvalue weighted by Crippen LogP contribution is -2.07. The second-order valence-electron chi connectivity index (χ2n) is 3.42. The summed E-state index contributed by atoms with van der Waals surface area (Å²) in [5.74, 6) is -1.81. The number of aromatic carboxylic acids is 1. The largest absolute Gasteiger partial charge is 0.477 e. The Hall–Kier alpha value is -2.31. The van der Waals surface area contributed by atoms with Crippen LogP contribution in [0.15, 0.2) is 35.0 Å². The van der Waals surface area contributed by atoms with Crippen molar-refractivity contribution in [1.82, 2.24) is 5.16 Å². The molecule has 0 saturated heterocycles. The van der Waals surface area contributed by atoms with Crippen LogP contribution in [0.4, 0.5) is 13.2 Å². The monoisotopic (exact) mass is 257 g/mol. The second kappa shape index (κ2) is 4.17. The first-order valence-electron chi connectivity index (χ1n) is 4.76. The van der Waals surface area contributed by atoms with Crippen LogP contribution in [0.1, 0.15) is 15.9 Å². The summed E-state index contributed by atoms with van der Waals surface area (Å²) < 4.78 is 42.9. The molecule has 0 aliphatic carbocycles. The van der Waals surface area contributed by atoms with E-state index in [1.807, 2.05) is 0 Å². The predicted molar refractivity (Wildman–Crippen MR) is 53.9 cm³/mol. The number of carbonyl (C=O) groups is 1. The topological polar surface area (TPSA) is 63.3 Å². The summed E-state index contributed by atoms with van der Waals surface area (Å²) in [4.78, 5) is 10.8. The minimum absolute atomic E-state index is 0.347. The first-order valence-corrected chi connectivity index (χ1v) is 4.76. The SMILES string of the molecule is O=C(O)c1cnoc1-c1ccccc1C(F)(F)F. The molecule has 4 nitrogen and oxygen atoms in total. The molecule has 94 valence electrons. The minimum atomic E-state index is -4.60. The summed E-state index contributed by atoms with van der Waals surface area (Å²) in [6, 6.07) is 4.56. The van der Waals surface area contributed by atoms with Crippen molar-refractivity contribution in [2.75, 3.05) is 0 Å². The zero-order chi connectivity index (χ0) is 13.3. The van der Waals surface area contributed by atoms with Gasteiger partial charge in [0.1, 0.15) is 5.56 Å². The van der Waals surface area contributed by atoms with E-state index >= 15 is 0 Å². The Kier molecular flexibility index (Phi) is 2.82. The third-order valence-corrected chi connectivity index (χ3v) is 2.28. The van der Waals surface area contributed by atoms with Gasteiger partial charge in [-0.25, -0.2) is 4.79 Å². The lowest BCUT2D eigenvalue weighted by atomic mass is 10.0. The normalized spacial score (nSPS) is 11.5. The van der Waals surface area contributed by atoms with Crippen molar-refractivity contribution in [2.45, 2.75) is 6.18 Å². The molecular formula is C11H6F3NO3. The lowest BCUT2D eigenvalue weighted by molar-refractivity contribution is -0.137. The molecule has 18 heavy (non-hydrogen) atoms. The summed E-state index contributed by atoms with van der Waals surface area (Å²) in [5.41, 5.74) is -1.73. The molecule has 0 aliphatic rings. The molecule has 1 aromatic carbocycles. The van der Waals surface area contributed by atoms with Gasteiger partial charge in [-0.05, 0) is 6.07 Å². The van der Waals surface area contributed by atoms with Crippen molar-refractivity contribution in [1.29, 1.82) is 0 Å². The maximum absolute atomic E-state index is 12.8. The molecule has 1 heterocycles. The van der Waals surface area contributed by atoms with Crippen LogP contribution in [0.2, 0.25) is 0 Å². The number of hydrogen-bond donors (Lipinski definition) is 1. The van der Waals surface area contributed by atoms with Gasteiger partial charge in [0, 0.05) is 5.56 Å². The Balaban J connectivity index is 2.65. The number of nitrogens with zero attached hydrogens (tertiary/aromatic N) is 1. The first-order chi connectivity index (χ1) is 8.41. The van der Waals surface area contributed by atoms with Gasteiger partial charge in [-0.2, -0.15) is 13.2 Å². The van der Waals surface area contributed by atoms with E-state index in [1.165, 1.54) is 12.1 Å². The number of carboxylic acids is 1. The number of aromatic nitrogens is 1. The average molecular weight is 257 g/mol.